The summed E-state index contributed by atoms with van der Waals surface area (Å²) in [4.78, 5) is 26.7. The van der Waals surface area contributed by atoms with Crippen molar-refractivity contribution in [2.75, 3.05) is 25.0 Å². The van der Waals surface area contributed by atoms with E-state index in [0.29, 0.717) is 23.7 Å². The first kappa shape index (κ1) is 23.4. The highest BCUT2D eigenvalue weighted by molar-refractivity contribution is 7.89. The first-order valence-electron chi connectivity index (χ1n) is 10.6. The first-order valence-corrected chi connectivity index (χ1v) is 12.8. The second-order valence-electron chi connectivity index (χ2n) is 7.21. The Bertz CT molecular complexity index is 1070. The summed E-state index contributed by atoms with van der Waals surface area (Å²) < 4.78 is 32.2. The van der Waals surface area contributed by atoms with Crippen LogP contribution in [0.4, 0.5) is 5.00 Å². The third-order valence-corrected chi connectivity index (χ3v) is 8.57. The van der Waals surface area contributed by atoms with E-state index in [1.165, 1.54) is 27.8 Å². The van der Waals surface area contributed by atoms with E-state index in [9.17, 15) is 18.0 Å². The van der Waals surface area contributed by atoms with Crippen LogP contribution in [0.3, 0.4) is 0 Å². The number of ether oxygens (including phenoxy) is 1. The summed E-state index contributed by atoms with van der Waals surface area (Å²) in [6.07, 6.45) is 3.70. The van der Waals surface area contributed by atoms with Gasteiger partial charge in [0.15, 0.2) is 0 Å². The van der Waals surface area contributed by atoms with Crippen molar-refractivity contribution in [1.82, 2.24) is 4.31 Å². The van der Waals surface area contributed by atoms with Crippen molar-refractivity contribution in [3.63, 3.8) is 0 Å². The van der Waals surface area contributed by atoms with E-state index in [0.717, 1.165) is 36.1 Å². The van der Waals surface area contributed by atoms with Crippen LogP contribution in [0.25, 0.3) is 0 Å². The van der Waals surface area contributed by atoms with Crippen LogP contribution in [0, 0.1) is 0 Å². The summed E-state index contributed by atoms with van der Waals surface area (Å²) in [5.74, 6) is -0.893. The maximum absolute atomic E-state index is 13.0. The molecule has 0 aliphatic heterocycles. The van der Waals surface area contributed by atoms with Crippen LogP contribution in [-0.2, 0) is 27.6 Å². The van der Waals surface area contributed by atoms with Gasteiger partial charge in [-0.05, 0) is 56.4 Å². The molecule has 1 aromatic carbocycles. The minimum atomic E-state index is -3.68. The summed E-state index contributed by atoms with van der Waals surface area (Å²) in [5.41, 5.74) is 1.61. The molecule has 1 aliphatic rings. The van der Waals surface area contributed by atoms with E-state index in [1.54, 1.807) is 32.9 Å². The van der Waals surface area contributed by atoms with Gasteiger partial charge in [-0.2, -0.15) is 4.31 Å². The maximum atomic E-state index is 13.0. The number of sulfonamides is 1. The molecule has 9 heteroatoms. The Morgan fingerprint density at radius 3 is 2.52 bits per heavy atom. The van der Waals surface area contributed by atoms with Crippen LogP contribution >= 0.6 is 11.3 Å². The Morgan fingerprint density at radius 1 is 1.13 bits per heavy atom. The highest BCUT2D eigenvalue weighted by Crippen LogP contribution is 2.38. The number of fused-ring (bicyclic) bond motifs is 1. The molecule has 0 saturated carbocycles. The number of carbonyl (C=O) groups excluding carboxylic acids is 2. The molecule has 2 aromatic rings. The van der Waals surface area contributed by atoms with Gasteiger partial charge in [0.05, 0.1) is 17.1 Å². The van der Waals surface area contributed by atoms with Gasteiger partial charge in [0.25, 0.3) is 5.91 Å². The Hall–Kier alpha value is -2.23. The molecule has 1 N–H and O–H groups in total. The Morgan fingerprint density at radius 2 is 1.84 bits per heavy atom. The number of nitrogens with one attached hydrogen (secondary N) is 1. The summed E-state index contributed by atoms with van der Waals surface area (Å²) in [7, 11) is -3.68. The van der Waals surface area contributed by atoms with Gasteiger partial charge in [0.1, 0.15) is 5.00 Å². The van der Waals surface area contributed by atoms with Crippen LogP contribution < -0.4 is 5.32 Å². The number of rotatable bonds is 8. The molecule has 0 saturated heterocycles. The van der Waals surface area contributed by atoms with Gasteiger partial charge in [-0.25, -0.2) is 13.2 Å². The molecular weight excluding hydrogens is 436 g/mol. The van der Waals surface area contributed by atoms with E-state index < -0.39 is 21.9 Å². The summed E-state index contributed by atoms with van der Waals surface area (Å²) >= 11 is 1.40. The SMILES string of the molecule is CCOC(=O)c1c(NC(=O)c2cccc(S(=O)(=O)N(CC)CC)c2)sc2c1CCCC2. The summed E-state index contributed by atoms with van der Waals surface area (Å²) in [6, 6.07) is 5.98. The fourth-order valence-electron chi connectivity index (χ4n) is 3.76. The van der Waals surface area contributed by atoms with Crippen molar-refractivity contribution in [2.24, 2.45) is 0 Å². The second-order valence-corrected chi connectivity index (χ2v) is 10.2. The lowest BCUT2D eigenvalue weighted by Crippen LogP contribution is -2.30. The number of esters is 1. The number of hydrogen-bond donors (Lipinski definition) is 1. The maximum Gasteiger partial charge on any atom is 0.341 e. The van der Waals surface area contributed by atoms with E-state index in [4.69, 9.17) is 4.74 Å². The van der Waals surface area contributed by atoms with E-state index in [1.807, 2.05) is 0 Å². The Balaban J connectivity index is 1.92. The lowest BCUT2D eigenvalue weighted by Gasteiger charge is -2.18. The normalized spacial score (nSPS) is 13.7. The molecular formula is C22H28N2O5S2. The molecule has 0 bridgehead atoms. The third-order valence-electron chi connectivity index (χ3n) is 5.32. The second kappa shape index (κ2) is 9.93. The molecule has 1 aromatic heterocycles. The molecule has 0 unspecified atom stereocenters. The van der Waals surface area contributed by atoms with Gasteiger partial charge >= 0.3 is 5.97 Å². The number of hydrogen-bond acceptors (Lipinski definition) is 6. The van der Waals surface area contributed by atoms with Gasteiger partial charge in [-0.1, -0.05) is 19.9 Å². The minimum Gasteiger partial charge on any atom is -0.462 e. The molecule has 1 amide bonds. The van der Waals surface area contributed by atoms with Gasteiger partial charge in [-0.15, -0.1) is 11.3 Å². The minimum absolute atomic E-state index is 0.0694. The molecule has 0 radical (unpaired) electrons. The van der Waals surface area contributed by atoms with Crippen LogP contribution in [0.15, 0.2) is 29.2 Å². The number of amides is 1. The fraction of sp³-hybridized carbons (Fsp3) is 0.455. The Labute approximate surface area is 187 Å². The van der Waals surface area contributed by atoms with Crippen LogP contribution in [0.1, 0.15) is 64.8 Å². The summed E-state index contributed by atoms with van der Waals surface area (Å²) in [5, 5.41) is 3.29. The highest BCUT2D eigenvalue weighted by Gasteiger charge is 2.28. The number of aryl methyl sites for hydroxylation is 1. The van der Waals surface area contributed by atoms with Crippen molar-refractivity contribution < 1.29 is 22.7 Å². The predicted octanol–water partition coefficient (Wildman–Crippen LogP) is 4.09. The smallest absolute Gasteiger partial charge is 0.341 e. The Kier molecular flexibility index (Phi) is 7.51. The largest absolute Gasteiger partial charge is 0.462 e. The molecule has 0 atom stereocenters. The number of thiophene rings is 1. The standard InChI is InChI=1S/C22H28N2O5S2/c1-4-24(5-2)31(27,28)16-11-9-10-15(14-16)20(25)23-21-19(22(26)29-6-3)17-12-7-8-13-18(17)30-21/h9-11,14H,4-8,12-13H2,1-3H3,(H,23,25). The van der Waals surface area contributed by atoms with Crippen molar-refractivity contribution in [3.8, 4) is 0 Å². The van der Waals surface area contributed by atoms with Crippen molar-refractivity contribution in [2.45, 2.75) is 51.3 Å². The van der Waals surface area contributed by atoms with E-state index >= 15 is 0 Å². The van der Waals surface area contributed by atoms with Gasteiger partial charge in [0.2, 0.25) is 10.0 Å². The zero-order valence-corrected chi connectivity index (χ0v) is 19.7. The van der Waals surface area contributed by atoms with Gasteiger partial charge in [-0.3, -0.25) is 4.79 Å². The molecule has 0 fully saturated rings. The van der Waals surface area contributed by atoms with Crippen molar-refractivity contribution >= 4 is 38.2 Å². The van der Waals surface area contributed by atoms with E-state index in [2.05, 4.69) is 5.32 Å². The van der Waals surface area contributed by atoms with Gasteiger partial charge in [0, 0.05) is 23.5 Å². The molecule has 1 heterocycles. The quantitative estimate of drug-likeness (QED) is 0.594. The first-order chi connectivity index (χ1) is 14.8. The number of anilines is 1. The lowest BCUT2D eigenvalue weighted by molar-refractivity contribution is 0.0526. The van der Waals surface area contributed by atoms with Gasteiger partial charge < -0.3 is 10.1 Å². The molecule has 3 rings (SSSR count). The average Bonchev–Trinajstić information content (AvgIpc) is 3.12. The number of carbonyl (C=O) groups is 2. The molecule has 1 aliphatic carbocycles. The third kappa shape index (κ3) is 4.83. The summed E-state index contributed by atoms with van der Waals surface area (Å²) in [6.45, 7) is 6.23. The van der Waals surface area contributed by atoms with Crippen LogP contribution in [-0.4, -0.2) is 44.3 Å². The monoisotopic (exact) mass is 464 g/mol. The number of nitrogens with zero attached hydrogens (tertiary/aromatic N) is 1. The topological polar surface area (TPSA) is 92.8 Å². The molecule has 7 nitrogen and oxygen atoms in total. The fourth-order valence-corrected chi connectivity index (χ4v) is 6.54. The van der Waals surface area contributed by atoms with Crippen LogP contribution in [0.5, 0.6) is 0 Å². The lowest BCUT2D eigenvalue weighted by atomic mass is 9.95. The molecule has 31 heavy (non-hydrogen) atoms. The van der Waals surface area contributed by atoms with Crippen LogP contribution in [0.2, 0.25) is 0 Å². The number of benzene rings is 1. The van der Waals surface area contributed by atoms with Crippen molar-refractivity contribution in [3.05, 3.63) is 45.8 Å². The highest BCUT2D eigenvalue weighted by atomic mass is 32.2. The predicted molar refractivity (Wildman–Crippen MR) is 121 cm³/mol. The molecule has 168 valence electrons. The average molecular weight is 465 g/mol. The van der Waals surface area contributed by atoms with Crippen molar-refractivity contribution in [1.29, 1.82) is 0 Å². The van der Waals surface area contributed by atoms with E-state index in [-0.39, 0.29) is 17.1 Å². The zero-order chi connectivity index (χ0) is 22.6. The molecule has 0 spiro atoms. The zero-order valence-electron chi connectivity index (χ0n) is 18.1.